The third-order valence-corrected chi connectivity index (χ3v) is 10.6. The van der Waals surface area contributed by atoms with Crippen LogP contribution in [0.5, 0.6) is 0 Å². The Bertz CT molecular complexity index is 1250. The Kier molecular flexibility index (Phi) is 3.99. The molecule has 8 atom stereocenters. The van der Waals surface area contributed by atoms with Gasteiger partial charge in [-0.25, -0.2) is 0 Å². The van der Waals surface area contributed by atoms with Gasteiger partial charge in [0.1, 0.15) is 0 Å². The van der Waals surface area contributed by atoms with Crippen molar-refractivity contribution in [2.75, 3.05) is 0 Å². The standard InChI is InChI=1S/C30H28N2O4/c1-3-11-29-21(23(33)31-25(29)35)17-9-13-27(29,15-17)19-5-7-20(8-6-19)28-14-10-18(16-28)22-24(34)32-26(36)30(22,28)12-4-2/h3-10,13-14,17-18,21-22H,1-2,11-12,15-16H2,(H,31,33,35)(H,32,34,36). The summed E-state index contributed by atoms with van der Waals surface area (Å²) < 4.78 is 0. The van der Waals surface area contributed by atoms with Crippen LogP contribution in [0.4, 0.5) is 0 Å². The van der Waals surface area contributed by atoms with Crippen molar-refractivity contribution in [1.29, 1.82) is 0 Å². The van der Waals surface area contributed by atoms with Crippen LogP contribution >= 0.6 is 0 Å². The van der Waals surface area contributed by atoms with Crippen molar-refractivity contribution in [3.8, 4) is 0 Å². The molecule has 0 radical (unpaired) electrons. The molecule has 6 nitrogen and oxygen atoms in total. The van der Waals surface area contributed by atoms with Gasteiger partial charge in [0, 0.05) is 10.8 Å². The Morgan fingerprint density at radius 3 is 1.47 bits per heavy atom. The zero-order valence-corrected chi connectivity index (χ0v) is 20.0. The van der Waals surface area contributed by atoms with Crippen molar-refractivity contribution in [3.05, 3.63) is 85.0 Å². The van der Waals surface area contributed by atoms with Crippen LogP contribution < -0.4 is 10.6 Å². The number of benzene rings is 1. The van der Waals surface area contributed by atoms with Crippen molar-refractivity contribution in [3.63, 3.8) is 0 Å². The maximum Gasteiger partial charge on any atom is 0.235 e. The maximum atomic E-state index is 13.3. The number of allylic oxidation sites excluding steroid dienone is 6. The molecule has 2 heterocycles. The summed E-state index contributed by atoms with van der Waals surface area (Å²) in [5.74, 6) is -1.52. The van der Waals surface area contributed by atoms with Crippen LogP contribution in [0.3, 0.4) is 0 Å². The third kappa shape index (κ3) is 2.02. The molecular weight excluding hydrogens is 452 g/mol. The number of carbonyl (C=O) groups is 4. The normalized spacial score (nSPS) is 44.7. The van der Waals surface area contributed by atoms with Crippen molar-refractivity contribution in [1.82, 2.24) is 10.6 Å². The Morgan fingerprint density at radius 1 is 0.722 bits per heavy atom. The Morgan fingerprint density at radius 2 is 1.11 bits per heavy atom. The van der Waals surface area contributed by atoms with Gasteiger partial charge in [-0.1, -0.05) is 60.7 Å². The molecule has 7 rings (SSSR count). The maximum absolute atomic E-state index is 13.3. The van der Waals surface area contributed by atoms with E-state index in [0.29, 0.717) is 12.8 Å². The van der Waals surface area contributed by atoms with Gasteiger partial charge in [-0.15, -0.1) is 13.2 Å². The van der Waals surface area contributed by atoms with E-state index in [1.54, 1.807) is 12.2 Å². The fourth-order valence-electron chi connectivity index (χ4n) is 9.39. The molecule has 182 valence electrons. The van der Waals surface area contributed by atoms with Crippen molar-refractivity contribution in [2.45, 2.75) is 36.5 Å². The molecule has 2 aliphatic heterocycles. The molecule has 0 spiro atoms. The number of imide groups is 2. The van der Waals surface area contributed by atoms with Gasteiger partial charge in [0.05, 0.1) is 22.7 Å². The summed E-state index contributed by atoms with van der Waals surface area (Å²) in [5, 5.41) is 5.22. The highest BCUT2D eigenvalue weighted by atomic mass is 16.2. The zero-order valence-electron chi connectivity index (χ0n) is 20.0. The second kappa shape index (κ2) is 6.61. The molecule has 1 aromatic rings. The van der Waals surface area contributed by atoms with Crippen molar-refractivity contribution < 1.29 is 19.2 Å². The van der Waals surface area contributed by atoms with E-state index in [-0.39, 0.29) is 47.3 Å². The molecule has 8 unspecified atom stereocenters. The summed E-state index contributed by atoms with van der Waals surface area (Å²) in [6.45, 7) is 7.82. The highest BCUT2D eigenvalue weighted by molar-refractivity contribution is 6.11. The predicted molar refractivity (Wildman–Crippen MR) is 132 cm³/mol. The van der Waals surface area contributed by atoms with E-state index in [0.717, 1.165) is 24.0 Å². The molecule has 2 N–H and O–H groups in total. The lowest BCUT2D eigenvalue weighted by atomic mass is 9.55. The molecule has 2 saturated heterocycles. The molecule has 6 heteroatoms. The SMILES string of the molecule is C=CCC12C(=O)NC(=O)C1C1C=CC2(c2ccc(C34C=CC(C3)C3C(=O)NC(=O)C34CC=C)cc2)C1. The lowest BCUT2D eigenvalue weighted by Gasteiger charge is -2.44. The van der Waals surface area contributed by atoms with E-state index < -0.39 is 21.7 Å². The highest BCUT2D eigenvalue weighted by Crippen LogP contribution is 2.70. The minimum Gasteiger partial charge on any atom is -0.296 e. The first-order valence-corrected chi connectivity index (χ1v) is 12.7. The van der Waals surface area contributed by atoms with Gasteiger partial charge in [0.25, 0.3) is 0 Å². The van der Waals surface area contributed by atoms with Gasteiger partial charge in [0.2, 0.25) is 23.6 Å². The van der Waals surface area contributed by atoms with Gasteiger partial charge in [-0.3, -0.25) is 29.8 Å². The summed E-state index contributed by atoms with van der Waals surface area (Å²) >= 11 is 0. The summed E-state index contributed by atoms with van der Waals surface area (Å²) in [5.41, 5.74) is -0.932. The average Bonchev–Trinajstić information content (AvgIpc) is 3.67. The smallest absolute Gasteiger partial charge is 0.235 e. The molecule has 36 heavy (non-hydrogen) atoms. The van der Waals surface area contributed by atoms with Crippen molar-refractivity contribution >= 4 is 23.6 Å². The molecule has 4 bridgehead atoms. The number of carbonyl (C=O) groups excluding carboxylic acids is 4. The molecule has 4 aliphatic carbocycles. The predicted octanol–water partition coefficient (Wildman–Crippen LogP) is 3.01. The summed E-state index contributed by atoms with van der Waals surface area (Å²) in [6.07, 6.45) is 14.2. The van der Waals surface area contributed by atoms with Crippen molar-refractivity contribution in [2.24, 2.45) is 34.5 Å². The molecule has 2 saturated carbocycles. The monoisotopic (exact) mass is 480 g/mol. The highest BCUT2D eigenvalue weighted by Gasteiger charge is 2.75. The van der Waals surface area contributed by atoms with Gasteiger partial charge < -0.3 is 0 Å². The third-order valence-electron chi connectivity index (χ3n) is 10.6. The van der Waals surface area contributed by atoms with E-state index in [1.807, 2.05) is 0 Å². The fourth-order valence-corrected chi connectivity index (χ4v) is 9.39. The molecule has 1 aromatic carbocycles. The van der Waals surface area contributed by atoms with Gasteiger partial charge in [-0.05, 0) is 48.6 Å². The molecule has 4 fully saturated rings. The Hall–Kier alpha value is -3.54. The number of amides is 4. The quantitative estimate of drug-likeness (QED) is 0.484. The Labute approximate surface area is 209 Å². The van der Waals surface area contributed by atoms with E-state index in [4.69, 9.17) is 0 Å². The second-order valence-electron chi connectivity index (χ2n) is 11.5. The van der Waals surface area contributed by atoms with Crippen LogP contribution in [-0.4, -0.2) is 23.6 Å². The Balaban J connectivity index is 1.35. The molecule has 0 aromatic heterocycles. The van der Waals surface area contributed by atoms with E-state index in [2.05, 4.69) is 72.4 Å². The number of rotatable bonds is 6. The first kappa shape index (κ1) is 21.7. The molecular formula is C30H28N2O4. The van der Waals surface area contributed by atoms with Crippen LogP contribution in [0.2, 0.25) is 0 Å². The summed E-state index contributed by atoms with van der Waals surface area (Å²) in [4.78, 5) is 52.2. The van der Waals surface area contributed by atoms with Crippen LogP contribution in [0.15, 0.2) is 73.9 Å². The first-order valence-electron chi connectivity index (χ1n) is 12.7. The van der Waals surface area contributed by atoms with Gasteiger partial charge in [-0.2, -0.15) is 0 Å². The minimum absolute atomic E-state index is 0.0211. The molecule has 6 aliphatic rings. The largest absolute Gasteiger partial charge is 0.296 e. The van der Waals surface area contributed by atoms with Crippen LogP contribution in [0.25, 0.3) is 0 Å². The topological polar surface area (TPSA) is 92.3 Å². The van der Waals surface area contributed by atoms with E-state index in [1.165, 1.54) is 0 Å². The van der Waals surface area contributed by atoms with E-state index >= 15 is 0 Å². The van der Waals surface area contributed by atoms with E-state index in [9.17, 15) is 19.2 Å². The molecule has 4 amide bonds. The van der Waals surface area contributed by atoms with Gasteiger partial charge >= 0.3 is 0 Å². The number of hydrogen-bond acceptors (Lipinski definition) is 4. The van der Waals surface area contributed by atoms with Crippen LogP contribution in [0.1, 0.15) is 36.8 Å². The number of hydrogen-bond donors (Lipinski definition) is 2. The second-order valence-corrected chi connectivity index (χ2v) is 11.5. The summed E-state index contributed by atoms with van der Waals surface area (Å²) in [6, 6.07) is 8.24. The summed E-state index contributed by atoms with van der Waals surface area (Å²) in [7, 11) is 0. The average molecular weight is 481 g/mol. The zero-order chi connectivity index (χ0) is 25.1. The lowest BCUT2D eigenvalue weighted by Crippen LogP contribution is -2.49. The number of nitrogens with one attached hydrogen (secondary N) is 2. The van der Waals surface area contributed by atoms with Crippen LogP contribution in [0, 0.1) is 34.5 Å². The van der Waals surface area contributed by atoms with Crippen LogP contribution in [-0.2, 0) is 30.0 Å². The number of fused-ring (bicyclic) bond motifs is 10. The van der Waals surface area contributed by atoms with Gasteiger partial charge in [0.15, 0.2) is 0 Å². The first-order chi connectivity index (χ1) is 17.3. The minimum atomic E-state index is -0.871. The lowest BCUT2D eigenvalue weighted by molar-refractivity contribution is -0.131. The fraction of sp³-hybridized carbons (Fsp3) is 0.400.